The molecule has 0 saturated heterocycles. The van der Waals surface area contributed by atoms with Crippen LogP contribution >= 0.6 is 0 Å². The van der Waals surface area contributed by atoms with Gasteiger partial charge in [0.15, 0.2) is 11.5 Å². The zero-order valence-electron chi connectivity index (χ0n) is 9.48. The van der Waals surface area contributed by atoms with Crippen molar-refractivity contribution in [3.05, 3.63) is 29.8 Å². The quantitative estimate of drug-likeness (QED) is 0.844. The summed E-state index contributed by atoms with van der Waals surface area (Å²) in [5, 5.41) is 2.37. The summed E-state index contributed by atoms with van der Waals surface area (Å²) in [5.41, 5.74) is 4.64. The predicted octanol–water partition coefficient (Wildman–Crippen LogP) is 0.948. The van der Waals surface area contributed by atoms with E-state index in [9.17, 15) is 13.6 Å². The lowest BCUT2D eigenvalue weighted by Crippen LogP contribution is -2.37. The molecule has 0 fully saturated rings. The minimum Gasteiger partial charge on any atom is -0.435 e. The Morgan fingerprint density at radius 3 is 2.78 bits per heavy atom. The highest BCUT2D eigenvalue weighted by molar-refractivity contribution is 6.06. The number of hydrogen-bond donors (Lipinski definition) is 2. The fraction of sp³-hybridized carbons (Fsp3) is 0.273. The molecule has 1 aromatic carbocycles. The van der Waals surface area contributed by atoms with Crippen LogP contribution in [0, 0.1) is 0 Å². The van der Waals surface area contributed by atoms with Crippen LogP contribution in [0.5, 0.6) is 5.75 Å². The molecule has 3 N–H and O–H groups in total. The summed E-state index contributed by atoms with van der Waals surface area (Å²) in [6, 6.07) is 5.82. The first-order chi connectivity index (χ1) is 8.41. The molecule has 0 radical (unpaired) electrons. The van der Waals surface area contributed by atoms with Gasteiger partial charge >= 0.3 is 6.61 Å². The Kier molecular flexibility index (Phi) is 2.90. The summed E-state index contributed by atoms with van der Waals surface area (Å²) in [5.74, 6) is -0.436. The second-order valence-corrected chi connectivity index (χ2v) is 3.93. The largest absolute Gasteiger partial charge is 0.435 e. The first-order valence-electron chi connectivity index (χ1n) is 5.14. The molecule has 1 aromatic rings. The standard InChI is InChI=1S/C11H11F2N3O2/c1-11(8(17)15-10(14)16-11)6-3-2-4-7(5-6)18-9(12)13/h2-5,9H,1H3,(H3,14,15,16,17). The molecule has 2 rings (SSSR count). The van der Waals surface area contributed by atoms with E-state index < -0.39 is 18.1 Å². The molecule has 0 saturated carbocycles. The maximum atomic E-state index is 12.1. The summed E-state index contributed by atoms with van der Waals surface area (Å²) < 4.78 is 28.5. The fourth-order valence-electron chi connectivity index (χ4n) is 1.73. The molecule has 1 unspecified atom stereocenters. The zero-order valence-corrected chi connectivity index (χ0v) is 9.48. The summed E-state index contributed by atoms with van der Waals surface area (Å²) >= 11 is 0. The SMILES string of the molecule is CC1(c2cccc(OC(F)F)c2)N=C(N)NC1=O. The van der Waals surface area contributed by atoms with Gasteiger partial charge in [0.25, 0.3) is 5.91 Å². The van der Waals surface area contributed by atoms with Crippen molar-refractivity contribution in [2.75, 3.05) is 0 Å². The molecule has 18 heavy (non-hydrogen) atoms. The third-order valence-corrected chi connectivity index (χ3v) is 2.65. The summed E-state index contributed by atoms with van der Waals surface area (Å²) in [4.78, 5) is 15.7. The number of guanidine groups is 1. The van der Waals surface area contributed by atoms with Crippen LogP contribution in [0.2, 0.25) is 0 Å². The minimum atomic E-state index is -2.92. The molecule has 1 aliphatic rings. The van der Waals surface area contributed by atoms with Crippen molar-refractivity contribution in [2.45, 2.75) is 19.1 Å². The van der Waals surface area contributed by atoms with Gasteiger partial charge in [-0.05, 0) is 24.6 Å². The van der Waals surface area contributed by atoms with Crippen LogP contribution in [0.25, 0.3) is 0 Å². The van der Waals surface area contributed by atoms with Crippen LogP contribution in [-0.2, 0) is 10.3 Å². The van der Waals surface area contributed by atoms with Crippen molar-refractivity contribution in [1.29, 1.82) is 0 Å². The van der Waals surface area contributed by atoms with Gasteiger partial charge in [0.1, 0.15) is 5.75 Å². The smallest absolute Gasteiger partial charge is 0.387 e. The van der Waals surface area contributed by atoms with Crippen molar-refractivity contribution in [1.82, 2.24) is 5.32 Å². The molecular weight excluding hydrogens is 244 g/mol. The van der Waals surface area contributed by atoms with Gasteiger partial charge < -0.3 is 10.5 Å². The van der Waals surface area contributed by atoms with Gasteiger partial charge in [-0.3, -0.25) is 10.1 Å². The lowest BCUT2D eigenvalue weighted by molar-refractivity contribution is -0.123. The number of halogens is 2. The molecule has 1 aliphatic heterocycles. The van der Waals surface area contributed by atoms with Crippen molar-refractivity contribution < 1.29 is 18.3 Å². The number of amides is 1. The molecule has 0 aromatic heterocycles. The van der Waals surface area contributed by atoms with E-state index in [4.69, 9.17) is 5.73 Å². The predicted molar refractivity (Wildman–Crippen MR) is 60.2 cm³/mol. The van der Waals surface area contributed by atoms with Crippen LogP contribution in [0.1, 0.15) is 12.5 Å². The number of benzene rings is 1. The first kappa shape index (κ1) is 12.3. The fourth-order valence-corrected chi connectivity index (χ4v) is 1.73. The van der Waals surface area contributed by atoms with Gasteiger partial charge in [-0.2, -0.15) is 8.78 Å². The molecule has 5 nitrogen and oxygen atoms in total. The third kappa shape index (κ3) is 2.11. The van der Waals surface area contributed by atoms with E-state index in [1.165, 1.54) is 18.2 Å². The molecular formula is C11H11F2N3O2. The number of rotatable bonds is 3. The highest BCUT2D eigenvalue weighted by atomic mass is 19.3. The van der Waals surface area contributed by atoms with Crippen LogP contribution in [0.3, 0.4) is 0 Å². The number of alkyl halides is 2. The number of ether oxygens (including phenoxy) is 1. The van der Waals surface area contributed by atoms with Crippen LogP contribution in [0.15, 0.2) is 29.3 Å². The molecule has 96 valence electrons. The molecule has 0 aliphatic carbocycles. The van der Waals surface area contributed by atoms with Gasteiger partial charge in [-0.25, -0.2) is 4.99 Å². The second kappa shape index (κ2) is 4.25. The Morgan fingerprint density at radius 2 is 2.22 bits per heavy atom. The maximum Gasteiger partial charge on any atom is 0.387 e. The lowest BCUT2D eigenvalue weighted by atomic mass is 9.92. The average molecular weight is 255 g/mol. The monoisotopic (exact) mass is 255 g/mol. The molecule has 0 spiro atoms. The number of carbonyl (C=O) groups excluding carboxylic acids is 1. The Hall–Kier alpha value is -2.18. The van der Waals surface area contributed by atoms with Crippen LogP contribution in [0.4, 0.5) is 8.78 Å². The van der Waals surface area contributed by atoms with E-state index >= 15 is 0 Å². The van der Waals surface area contributed by atoms with Crippen molar-refractivity contribution in [3.8, 4) is 5.75 Å². The number of hydrogen-bond acceptors (Lipinski definition) is 4. The Morgan fingerprint density at radius 1 is 1.50 bits per heavy atom. The summed E-state index contributed by atoms with van der Waals surface area (Å²) in [6.07, 6.45) is 0. The van der Waals surface area contributed by atoms with Crippen LogP contribution in [-0.4, -0.2) is 18.5 Å². The van der Waals surface area contributed by atoms with E-state index in [0.717, 1.165) is 0 Å². The number of aliphatic imine (C=N–C) groups is 1. The second-order valence-electron chi connectivity index (χ2n) is 3.93. The van der Waals surface area contributed by atoms with Crippen LogP contribution < -0.4 is 15.8 Å². The molecule has 0 bridgehead atoms. The van der Waals surface area contributed by atoms with E-state index in [1.54, 1.807) is 13.0 Å². The van der Waals surface area contributed by atoms with E-state index in [1.807, 2.05) is 0 Å². The number of nitrogens with two attached hydrogens (primary N) is 1. The average Bonchev–Trinajstić information content (AvgIpc) is 2.53. The van der Waals surface area contributed by atoms with Gasteiger partial charge in [0, 0.05) is 0 Å². The van der Waals surface area contributed by atoms with Crippen molar-refractivity contribution in [3.63, 3.8) is 0 Å². The third-order valence-electron chi connectivity index (χ3n) is 2.65. The van der Waals surface area contributed by atoms with E-state index in [0.29, 0.717) is 5.56 Å². The van der Waals surface area contributed by atoms with E-state index in [2.05, 4.69) is 15.0 Å². The van der Waals surface area contributed by atoms with Gasteiger partial charge in [-0.1, -0.05) is 12.1 Å². The first-order valence-corrected chi connectivity index (χ1v) is 5.14. The van der Waals surface area contributed by atoms with Gasteiger partial charge in [-0.15, -0.1) is 0 Å². The Balaban J connectivity index is 2.36. The highest BCUT2D eigenvalue weighted by Gasteiger charge is 2.40. The number of carbonyl (C=O) groups is 1. The van der Waals surface area contributed by atoms with Crippen molar-refractivity contribution in [2.24, 2.45) is 10.7 Å². The van der Waals surface area contributed by atoms with Gasteiger partial charge in [0.05, 0.1) is 0 Å². The summed E-state index contributed by atoms with van der Waals surface area (Å²) in [6.45, 7) is -1.37. The molecule has 1 amide bonds. The molecule has 1 atom stereocenters. The lowest BCUT2D eigenvalue weighted by Gasteiger charge is -2.18. The minimum absolute atomic E-state index is 0.00248. The topological polar surface area (TPSA) is 76.7 Å². The summed E-state index contributed by atoms with van der Waals surface area (Å²) in [7, 11) is 0. The van der Waals surface area contributed by atoms with Gasteiger partial charge in [0.2, 0.25) is 0 Å². The molecule has 1 heterocycles. The normalized spacial score (nSPS) is 22.9. The number of nitrogens with zero attached hydrogens (tertiary/aromatic N) is 1. The highest BCUT2D eigenvalue weighted by Crippen LogP contribution is 2.31. The van der Waals surface area contributed by atoms with E-state index in [-0.39, 0.29) is 11.7 Å². The maximum absolute atomic E-state index is 12.1. The number of nitrogens with one attached hydrogen (secondary N) is 1. The molecule has 7 heteroatoms. The Bertz CT molecular complexity index is 519. The zero-order chi connectivity index (χ0) is 13.3. The van der Waals surface area contributed by atoms with Crippen molar-refractivity contribution >= 4 is 11.9 Å². The Labute approximate surface area is 102 Å².